The Kier molecular flexibility index (Phi) is 9.88. The van der Waals surface area contributed by atoms with E-state index in [9.17, 15) is 18.0 Å². The number of halogens is 3. The highest BCUT2D eigenvalue weighted by molar-refractivity contribution is 5.70. The van der Waals surface area contributed by atoms with Gasteiger partial charge in [0.05, 0.1) is 5.56 Å². The minimum Gasteiger partial charge on any atom is -0.410 e. The number of benzene rings is 1. The summed E-state index contributed by atoms with van der Waals surface area (Å²) in [5, 5.41) is 0. The van der Waals surface area contributed by atoms with E-state index in [1.54, 1.807) is 11.9 Å². The first kappa shape index (κ1) is 25.2. The van der Waals surface area contributed by atoms with Crippen LogP contribution in [0.25, 0.3) is 0 Å². The zero-order chi connectivity index (χ0) is 22.9. The van der Waals surface area contributed by atoms with Crippen molar-refractivity contribution in [2.24, 2.45) is 5.92 Å². The molecule has 1 aliphatic rings. The summed E-state index contributed by atoms with van der Waals surface area (Å²) in [6, 6.07) is 4.32. The van der Waals surface area contributed by atoms with Crippen molar-refractivity contribution in [2.45, 2.75) is 63.6 Å². The molecule has 0 aromatic heterocycles. The van der Waals surface area contributed by atoms with Crippen molar-refractivity contribution >= 4 is 6.09 Å². The Labute approximate surface area is 184 Å². The van der Waals surface area contributed by atoms with Crippen molar-refractivity contribution in [1.82, 2.24) is 9.80 Å². The Morgan fingerprint density at radius 3 is 2.32 bits per heavy atom. The quantitative estimate of drug-likeness (QED) is 0.313. The summed E-state index contributed by atoms with van der Waals surface area (Å²) in [4.78, 5) is 16.3. The number of unbranched alkanes of at least 4 members (excludes halogenated alkanes) is 2. The van der Waals surface area contributed by atoms with Crippen LogP contribution in [0.15, 0.2) is 36.9 Å². The number of rotatable bonds is 10. The van der Waals surface area contributed by atoms with Crippen molar-refractivity contribution < 1.29 is 22.7 Å². The van der Waals surface area contributed by atoms with Crippen molar-refractivity contribution in [3.63, 3.8) is 0 Å². The lowest BCUT2D eigenvalue weighted by Gasteiger charge is -2.34. The highest BCUT2D eigenvalue weighted by Gasteiger charge is 2.31. The summed E-state index contributed by atoms with van der Waals surface area (Å²) in [5.74, 6) is 0.832. The van der Waals surface area contributed by atoms with Crippen LogP contribution in [0.2, 0.25) is 0 Å². The van der Waals surface area contributed by atoms with Gasteiger partial charge < -0.3 is 14.5 Å². The maximum atomic E-state index is 12.6. The molecule has 1 aromatic carbocycles. The normalized spacial score (nSPS) is 19.3. The van der Waals surface area contributed by atoms with Crippen molar-refractivity contribution in [1.29, 1.82) is 0 Å². The van der Waals surface area contributed by atoms with Crippen LogP contribution >= 0.6 is 0 Å². The van der Waals surface area contributed by atoms with Gasteiger partial charge in [-0.05, 0) is 75.9 Å². The molecular weight excluding hydrogens is 405 g/mol. The lowest BCUT2D eigenvalue weighted by molar-refractivity contribution is -0.137. The molecule has 0 radical (unpaired) electrons. The van der Waals surface area contributed by atoms with E-state index < -0.39 is 17.8 Å². The molecule has 31 heavy (non-hydrogen) atoms. The number of alkyl halides is 3. The Morgan fingerprint density at radius 1 is 1.10 bits per heavy atom. The first-order valence-corrected chi connectivity index (χ1v) is 11.1. The second-order valence-corrected chi connectivity index (χ2v) is 8.58. The third-order valence-electron chi connectivity index (χ3n) is 6.13. The van der Waals surface area contributed by atoms with E-state index in [0.29, 0.717) is 5.92 Å². The molecule has 0 unspecified atom stereocenters. The highest BCUT2D eigenvalue weighted by Crippen LogP contribution is 2.32. The molecule has 1 saturated carbocycles. The lowest BCUT2D eigenvalue weighted by atomic mass is 9.82. The number of likely N-dealkylation sites (N-methyl/N-ethyl adjacent to an activating group) is 1. The Balaban J connectivity index is 1.67. The standard InChI is InChI=1S/C24H35F3N2O2/c1-4-17-28(2)18-7-5-6-8-19-9-13-21(14-10-19)29(3)23(30)31-22-15-11-20(12-16-22)24(25,26)27/h4,11-12,15-16,19,21H,1,5-10,13-14,17-18H2,2-3H3. The number of ether oxygens (including phenoxy) is 1. The molecule has 0 saturated heterocycles. The van der Waals surface area contributed by atoms with E-state index in [4.69, 9.17) is 4.74 Å². The number of hydrogen-bond donors (Lipinski definition) is 0. The van der Waals surface area contributed by atoms with Gasteiger partial charge in [-0.3, -0.25) is 0 Å². The van der Waals surface area contributed by atoms with E-state index in [1.807, 2.05) is 6.08 Å². The molecular formula is C24H35F3N2O2. The highest BCUT2D eigenvalue weighted by atomic mass is 19.4. The van der Waals surface area contributed by atoms with Gasteiger partial charge >= 0.3 is 12.3 Å². The molecule has 0 bridgehead atoms. The van der Waals surface area contributed by atoms with E-state index in [2.05, 4.69) is 18.5 Å². The number of carbonyl (C=O) groups is 1. The van der Waals surface area contributed by atoms with Gasteiger partial charge in [0.2, 0.25) is 0 Å². The number of nitrogens with zero attached hydrogens (tertiary/aromatic N) is 2. The second kappa shape index (κ2) is 12.1. The molecule has 1 aliphatic carbocycles. The maximum absolute atomic E-state index is 12.6. The summed E-state index contributed by atoms with van der Waals surface area (Å²) in [7, 11) is 3.82. The molecule has 1 aromatic rings. The molecule has 0 atom stereocenters. The van der Waals surface area contributed by atoms with Crippen molar-refractivity contribution in [3.05, 3.63) is 42.5 Å². The SMILES string of the molecule is C=CCN(C)CCCCCC1CCC(N(C)C(=O)Oc2ccc(C(F)(F)F)cc2)CC1. The van der Waals surface area contributed by atoms with Crippen LogP contribution < -0.4 is 4.74 Å². The van der Waals surface area contributed by atoms with Crippen LogP contribution in [0.4, 0.5) is 18.0 Å². The average Bonchev–Trinajstić information content (AvgIpc) is 2.73. The summed E-state index contributed by atoms with van der Waals surface area (Å²) in [5.41, 5.74) is -0.761. The van der Waals surface area contributed by atoms with Crippen molar-refractivity contribution in [3.8, 4) is 5.75 Å². The Morgan fingerprint density at radius 2 is 1.74 bits per heavy atom. The van der Waals surface area contributed by atoms with Crippen LogP contribution in [-0.2, 0) is 6.18 Å². The lowest BCUT2D eigenvalue weighted by Crippen LogP contribution is -2.41. The molecule has 0 spiro atoms. The van der Waals surface area contributed by atoms with Gasteiger partial charge in [0.25, 0.3) is 0 Å². The Hall–Kier alpha value is -2.02. The zero-order valence-corrected chi connectivity index (χ0v) is 18.7. The zero-order valence-electron chi connectivity index (χ0n) is 18.7. The van der Waals surface area contributed by atoms with Crippen LogP contribution in [0.3, 0.4) is 0 Å². The summed E-state index contributed by atoms with van der Waals surface area (Å²) in [6.45, 7) is 5.79. The van der Waals surface area contributed by atoms with Gasteiger partial charge in [-0.2, -0.15) is 13.2 Å². The van der Waals surface area contributed by atoms with Crippen LogP contribution in [-0.4, -0.2) is 49.1 Å². The maximum Gasteiger partial charge on any atom is 0.416 e. The molecule has 0 aliphatic heterocycles. The molecule has 1 amide bonds. The van der Waals surface area contributed by atoms with E-state index >= 15 is 0 Å². The third-order valence-corrected chi connectivity index (χ3v) is 6.13. The fourth-order valence-corrected chi connectivity index (χ4v) is 4.16. The van der Waals surface area contributed by atoms with Gasteiger partial charge in [-0.25, -0.2) is 4.79 Å². The van der Waals surface area contributed by atoms with Gasteiger partial charge in [-0.1, -0.05) is 25.3 Å². The third kappa shape index (κ3) is 8.56. The van der Waals surface area contributed by atoms with Gasteiger partial charge in [0.1, 0.15) is 5.75 Å². The van der Waals surface area contributed by atoms with Gasteiger partial charge in [0, 0.05) is 19.6 Å². The second-order valence-electron chi connectivity index (χ2n) is 8.58. The fraction of sp³-hybridized carbons (Fsp3) is 0.625. The number of hydrogen-bond acceptors (Lipinski definition) is 3. The first-order valence-electron chi connectivity index (χ1n) is 11.1. The smallest absolute Gasteiger partial charge is 0.410 e. The first-order chi connectivity index (χ1) is 14.7. The van der Waals surface area contributed by atoms with Crippen LogP contribution in [0.5, 0.6) is 5.75 Å². The van der Waals surface area contributed by atoms with E-state index in [0.717, 1.165) is 50.9 Å². The predicted molar refractivity (Wildman–Crippen MR) is 117 cm³/mol. The molecule has 174 valence electrons. The fourth-order valence-electron chi connectivity index (χ4n) is 4.16. The van der Waals surface area contributed by atoms with E-state index in [1.165, 1.54) is 37.8 Å². The average molecular weight is 441 g/mol. The minimum atomic E-state index is -4.40. The summed E-state index contributed by atoms with van der Waals surface area (Å²) in [6.07, 6.45) is 5.98. The van der Waals surface area contributed by atoms with Crippen molar-refractivity contribution in [2.75, 3.05) is 27.2 Å². The number of carbonyl (C=O) groups excluding carboxylic acids is 1. The molecule has 7 heteroatoms. The Bertz CT molecular complexity index is 683. The molecule has 2 rings (SSSR count). The van der Waals surface area contributed by atoms with Crippen LogP contribution in [0.1, 0.15) is 56.9 Å². The predicted octanol–water partition coefficient (Wildman–Crippen LogP) is 6.37. The molecule has 1 fully saturated rings. The summed E-state index contributed by atoms with van der Waals surface area (Å²) >= 11 is 0. The van der Waals surface area contributed by atoms with Gasteiger partial charge in [0.15, 0.2) is 0 Å². The number of amides is 1. The molecule has 0 heterocycles. The summed E-state index contributed by atoms with van der Waals surface area (Å²) < 4.78 is 43.2. The van der Waals surface area contributed by atoms with Crippen LogP contribution in [0, 0.1) is 5.92 Å². The largest absolute Gasteiger partial charge is 0.416 e. The molecule has 4 nitrogen and oxygen atoms in total. The monoisotopic (exact) mass is 440 g/mol. The topological polar surface area (TPSA) is 32.8 Å². The van der Waals surface area contributed by atoms with E-state index in [-0.39, 0.29) is 11.8 Å². The molecule has 0 N–H and O–H groups in total. The van der Waals surface area contributed by atoms with Gasteiger partial charge in [-0.15, -0.1) is 6.58 Å². The minimum absolute atomic E-state index is 0.116.